The molecule has 6 heteroatoms. The number of ether oxygens (including phenoxy) is 4. The quantitative estimate of drug-likeness (QED) is 0.409. The van der Waals surface area contributed by atoms with Crippen LogP contribution in [0.5, 0.6) is 28.7 Å². The van der Waals surface area contributed by atoms with Crippen LogP contribution >= 0.6 is 7.92 Å². The van der Waals surface area contributed by atoms with E-state index in [1.54, 1.807) is 28.4 Å². The van der Waals surface area contributed by atoms with E-state index in [1.807, 2.05) is 36.4 Å². The third kappa shape index (κ3) is 5.27. The Kier molecular flexibility index (Phi) is 8.15. The molecule has 0 aliphatic carbocycles. The summed E-state index contributed by atoms with van der Waals surface area (Å²) in [6.45, 7) is 12.9. The van der Waals surface area contributed by atoms with Gasteiger partial charge in [-0.3, -0.25) is 0 Å². The third-order valence-electron chi connectivity index (χ3n) is 6.26. The number of hydrogen-bond acceptors (Lipinski definition) is 5. The van der Waals surface area contributed by atoms with Gasteiger partial charge in [0.25, 0.3) is 0 Å². The van der Waals surface area contributed by atoms with Gasteiger partial charge in [-0.2, -0.15) is 0 Å². The highest BCUT2D eigenvalue weighted by molar-refractivity contribution is 7.80. The summed E-state index contributed by atoms with van der Waals surface area (Å²) >= 11 is 0. The maximum atomic E-state index is 11.9. The highest BCUT2D eigenvalue weighted by Gasteiger charge is 2.35. The number of rotatable bonds is 7. The fourth-order valence-electron chi connectivity index (χ4n) is 4.25. The second kappa shape index (κ2) is 10.6. The molecule has 194 valence electrons. The van der Waals surface area contributed by atoms with E-state index in [4.69, 9.17) is 18.9 Å². The number of aromatic hydroxyl groups is 1. The Morgan fingerprint density at radius 1 is 0.611 bits per heavy atom. The molecule has 0 heterocycles. The van der Waals surface area contributed by atoms with Crippen molar-refractivity contribution >= 4 is 23.8 Å². The van der Waals surface area contributed by atoms with E-state index in [1.165, 1.54) is 0 Å². The van der Waals surface area contributed by atoms with E-state index in [-0.39, 0.29) is 16.6 Å². The standard InChI is InChI=1S/C30H39O5P/c1-29(2,3)19-17-20(30(4,5)6)26(31)25(18-19)36(27-21(32-7)13-11-14-22(27)33-8)28-23(34-9)15-12-16-24(28)35-10/h11-18,31H,1-10H3. The van der Waals surface area contributed by atoms with Crippen LogP contribution in [0.3, 0.4) is 0 Å². The molecule has 3 aromatic rings. The van der Waals surface area contributed by atoms with E-state index >= 15 is 0 Å². The summed E-state index contributed by atoms with van der Waals surface area (Å²) in [5.41, 5.74) is 1.60. The van der Waals surface area contributed by atoms with Gasteiger partial charge >= 0.3 is 0 Å². The highest BCUT2D eigenvalue weighted by Crippen LogP contribution is 2.49. The lowest BCUT2D eigenvalue weighted by atomic mass is 9.80. The van der Waals surface area contributed by atoms with Crippen molar-refractivity contribution in [2.75, 3.05) is 28.4 Å². The SMILES string of the molecule is COc1cccc(OC)c1P(c1cc(C(C)(C)C)cc(C(C)(C)C)c1O)c1c(OC)cccc1OC. The van der Waals surface area contributed by atoms with Crippen molar-refractivity contribution in [3.63, 3.8) is 0 Å². The van der Waals surface area contributed by atoms with Gasteiger partial charge in [0.1, 0.15) is 28.7 Å². The molecule has 0 spiro atoms. The average molecular weight is 511 g/mol. The first-order valence-corrected chi connectivity index (χ1v) is 13.3. The smallest absolute Gasteiger partial charge is 0.130 e. The van der Waals surface area contributed by atoms with Crippen LogP contribution < -0.4 is 34.9 Å². The molecular weight excluding hydrogens is 471 g/mol. The van der Waals surface area contributed by atoms with Crippen LogP contribution in [0.1, 0.15) is 52.7 Å². The van der Waals surface area contributed by atoms with Crippen molar-refractivity contribution in [2.24, 2.45) is 0 Å². The maximum absolute atomic E-state index is 11.9. The van der Waals surface area contributed by atoms with E-state index < -0.39 is 7.92 Å². The molecule has 3 rings (SSSR count). The molecule has 0 aliphatic heterocycles. The summed E-state index contributed by atoms with van der Waals surface area (Å²) in [7, 11) is 5.15. The van der Waals surface area contributed by atoms with Crippen molar-refractivity contribution in [3.8, 4) is 28.7 Å². The monoisotopic (exact) mass is 510 g/mol. The lowest BCUT2D eigenvalue weighted by Gasteiger charge is -2.32. The topological polar surface area (TPSA) is 57.2 Å². The minimum atomic E-state index is -1.45. The maximum Gasteiger partial charge on any atom is 0.130 e. The number of benzene rings is 3. The van der Waals surface area contributed by atoms with Crippen LogP contribution in [0.15, 0.2) is 48.5 Å². The summed E-state index contributed by atoms with van der Waals surface area (Å²) in [5, 5.41) is 14.4. The number of phenols is 1. The van der Waals surface area contributed by atoms with Gasteiger partial charge in [0.05, 0.1) is 39.0 Å². The Morgan fingerprint density at radius 3 is 1.31 bits per heavy atom. The normalized spacial score (nSPS) is 12.0. The minimum Gasteiger partial charge on any atom is -0.507 e. The van der Waals surface area contributed by atoms with Gasteiger partial charge in [-0.1, -0.05) is 59.7 Å². The fraction of sp³-hybridized carbons (Fsp3) is 0.400. The number of methoxy groups -OCH3 is 4. The van der Waals surface area contributed by atoms with Crippen LogP contribution in [-0.2, 0) is 10.8 Å². The largest absolute Gasteiger partial charge is 0.507 e. The first-order valence-electron chi connectivity index (χ1n) is 12.0. The third-order valence-corrected chi connectivity index (χ3v) is 8.85. The fourth-order valence-corrected chi connectivity index (χ4v) is 7.10. The minimum absolute atomic E-state index is 0.140. The summed E-state index contributed by atoms with van der Waals surface area (Å²) in [6.07, 6.45) is 0. The van der Waals surface area contributed by atoms with Crippen molar-refractivity contribution in [1.82, 2.24) is 0 Å². The van der Waals surface area contributed by atoms with Crippen LogP contribution in [0.4, 0.5) is 0 Å². The molecule has 0 radical (unpaired) electrons. The summed E-state index contributed by atoms with van der Waals surface area (Å²) < 4.78 is 23.5. The van der Waals surface area contributed by atoms with Crippen LogP contribution in [0.2, 0.25) is 0 Å². The predicted molar refractivity (Wildman–Crippen MR) is 150 cm³/mol. The van der Waals surface area contributed by atoms with Gasteiger partial charge < -0.3 is 24.1 Å². The Labute approximate surface area is 217 Å². The zero-order valence-corrected chi connectivity index (χ0v) is 24.0. The zero-order chi connectivity index (χ0) is 26.8. The van der Waals surface area contributed by atoms with Crippen molar-refractivity contribution < 1.29 is 24.1 Å². The molecule has 0 aromatic heterocycles. The molecule has 0 saturated heterocycles. The first kappa shape index (κ1) is 27.7. The molecule has 36 heavy (non-hydrogen) atoms. The second-order valence-electron chi connectivity index (χ2n) is 10.7. The van der Waals surface area contributed by atoms with Gasteiger partial charge in [-0.15, -0.1) is 0 Å². The molecule has 0 amide bonds. The van der Waals surface area contributed by atoms with Crippen molar-refractivity contribution in [2.45, 2.75) is 52.4 Å². The molecule has 5 nitrogen and oxygen atoms in total. The molecule has 0 bridgehead atoms. The van der Waals surface area contributed by atoms with E-state index in [0.717, 1.165) is 27.0 Å². The van der Waals surface area contributed by atoms with E-state index in [9.17, 15) is 5.11 Å². The summed E-state index contributed by atoms with van der Waals surface area (Å²) in [6, 6.07) is 15.7. The summed E-state index contributed by atoms with van der Waals surface area (Å²) in [4.78, 5) is 0. The molecule has 0 aliphatic rings. The van der Waals surface area contributed by atoms with Gasteiger partial charge in [-0.25, -0.2) is 0 Å². The lowest BCUT2D eigenvalue weighted by molar-refractivity contribution is 0.399. The highest BCUT2D eigenvalue weighted by atomic mass is 31.1. The number of hydrogen-bond donors (Lipinski definition) is 1. The molecule has 0 unspecified atom stereocenters. The van der Waals surface area contributed by atoms with Crippen LogP contribution in [-0.4, -0.2) is 33.5 Å². The Balaban J connectivity index is 2.60. The van der Waals surface area contributed by atoms with Gasteiger partial charge in [0.2, 0.25) is 0 Å². The van der Waals surface area contributed by atoms with Gasteiger partial charge in [0.15, 0.2) is 0 Å². The van der Waals surface area contributed by atoms with E-state index in [2.05, 4.69) is 53.7 Å². The Bertz CT molecular complexity index is 1120. The molecule has 3 aromatic carbocycles. The van der Waals surface area contributed by atoms with Crippen LogP contribution in [0, 0.1) is 0 Å². The Morgan fingerprint density at radius 2 is 1.00 bits per heavy atom. The van der Waals surface area contributed by atoms with Gasteiger partial charge in [0, 0.05) is 18.8 Å². The van der Waals surface area contributed by atoms with E-state index in [0.29, 0.717) is 23.0 Å². The first-order chi connectivity index (χ1) is 16.9. The molecular formula is C30H39O5P. The van der Waals surface area contributed by atoms with Gasteiger partial charge in [-0.05, 0) is 46.7 Å². The molecule has 1 N–H and O–H groups in total. The molecule has 0 fully saturated rings. The molecule has 0 saturated carbocycles. The van der Waals surface area contributed by atoms with Crippen LogP contribution in [0.25, 0.3) is 0 Å². The predicted octanol–water partition coefficient (Wildman–Crippen LogP) is 5.78. The summed E-state index contributed by atoms with van der Waals surface area (Å²) in [5.74, 6) is 2.96. The molecule has 0 atom stereocenters. The van der Waals surface area contributed by atoms with Crippen molar-refractivity contribution in [1.29, 1.82) is 0 Å². The Hall–Kier alpha value is -2.91. The number of phenolic OH excluding ortho intramolecular Hbond substituents is 1. The second-order valence-corrected chi connectivity index (χ2v) is 12.8. The zero-order valence-electron chi connectivity index (χ0n) is 23.1. The lowest BCUT2D eigenvalue weighted by Crippen LogP contribution is -2.28. The average Bonchev–Trinajstić information content (AvgIpc) is 2.83. The van der Waals surface area contributed by atoms with Crippen molar-refractivity contribution in [3.05, 3.63) is 59.7 Å².